The largest absolute Gasteiger partial charge is 0.453 e. The van der Waals surface area contributed by atoms with Crippen LogP contribution in [0.25, 0.3) is 11.3 Å². The molecule has 1 saturated carbocycles. The molecule has 10 nitrogen and oxygen atoms in total. The number of nitrogens with one attached hydrogen (secondary N) is 2. The standard InChI is InChI=1S/C26H32N6O4/c1-6-28-23(27-3)17-9-7-16(8-10-17)20-14-29-24(30-20)22-18-11-12-19(13-18)32(22)25(33)21(15(2)35-4)31-26(34)36-5/h6-10,14-15,18-19,21-22H,1,3,11-13H2,2,4-5H3,(H,29,30)(H,31,34). The summed E-state index contributed by atoms with van der Waals surface area (Å²) in [6.07, 6.45) is 4.88. The van der Waals surface area contributed by atoms with Gasteiger partial charge in [0.2, 0.25) is 5.91 Å². The molecule has 1 aromatic heterocycles. The first-order chi connectivity index (χ1) is 17.4. The first-order valence-corrected chi connectivity index (χ1v) is 11.9. The van der Waals surface area contributed by atoms with Crippen molar-refractivity contribution in [3.63, 3.8) is 0 Å². The van der Waals surface area contributed by atoms with Gasteiger partial charge in [0.15, 0.2) is 5.84 Å². The number of hydrogen-bond acceptors (Lipinski definition) is 6. The Morgan fingerprint density at radius 2 is 2.03 bits per heavy atom. The SMILES string of the molecule is C=CN=C(N=C)c1ccc(-c2cnc(C3C4CCC(C4)N3C(=O)C(NC(=O)OC)C(C)OC)[nH]2)cc1. The molecule has 5 atom stereocenters. The highest BCUT2D eigenvalue weighted by Gasteiger charge is 2.51. The van der Waals surface area contributed by atoms with Crippen molar-refractivity contribution in [2.24, 2.45) is 15.9 Å². The summed E-state index contributed by atoms with van der Waals surface area (Å²) in [6, 6.07) is 6.77. The number of benzene rings is 1. The number of nitrogens with zero attached hydrogens (tertiary/aromatic N) is 4. The van der Waals surface area contributed by atoms with Gasteiger partial charge in [-0.2, -0.15) is 0 Å². The van der Waals surface area contributed by atoms with Crippen LogP contribution < -0.4 is 5.32 Å². The second-order valence-electron chi connectivity index (χ2n) is 9.02. The molecule has 1 saturated heterocycles. The van der Waals surface area contributed by atoms with Crippen LogP contribution in [0.3, 0.4) is 0 Å². The molecule has 2 bridgehead atoms. The van der Waals surface area contributed by atoms with Gasteiger partial charge in [0.05, 0.1) is 31.1 Å². The number of imidazole rings is 1. The Labute approximate surface area is 210 Å². The van der Waals surface area contributed by atoms with E-state index < -0.39 is 18.2 Å². The number of piperidine rings is 1. The smallest absolute Gasteiger partial charge is 0.407 e. The lowest BCUT2D eigenvalue weighted by Crippen LogP contribution is -2.56. The molecule has 5 unspecified atom stereocenters. The molecule has 2 aromatic rings. The zero-order valence-electron chi connectivity index (χ0n) is 20.8. The molecule has 1 aliphatic carbocycles. The third-order valence-electron chi connectivity index (χ3n) is 7.10. The maximum absolute atomic E-state index is 13.7. The molecule has 2 heterocycles. The van der Waals surface area contributed by atoms with Crippen molar-refractivity contribution in [2.75, 3.05) is 14.2 Å². The summed E-state index contributed by atoms with van der Waals surface area (Å²) in [5, 5.41) is 2.65. The van der Waals surface area contributed by atoms with Gasteiger partial charge in [-0.15, -0.1) is 0 Å². The van der Waals surface area contributed by atoms with Gasteiger partial charge in [0, 0.05) is 24.9 Å². The third kappa shape index (κ3) is 4.81. The van der Waals surface area contributed by atoms with E-state index in [2.05, 4.69) is 38.6 Å². The van der Waals surface area contributed by atoms with E-state index in [-0.39, 0.29) is 18.0 Å². The first-order valence-electron chi connectivity index (χ1n) is 11.9. The normalized spacial score (nSPS) is 22.7. The lowest BCUT2D eigenvalue weighted by molar-refractivity contribution is -0.141. The number of ether oxygens (including phenoxy) is 2. The molecule has 1 aliphatic heterocycles. The maximum Gasteiger partial charge on any atom is 0.407 e. The minimum absolute atomic E-state index is 0.0975. The Kier molecular flexibility index (Phi) is 7.64. The van der Waals surface area contributed by atoms with E-state index >= 15 is 0 Å². The molecule has 190 valence electrons. The number of carbonyl (C=O) groups excluding carboxylic acids is 2. The number of amidine groups is 1. The van der Waals surface area contributed by atoms with Gasteiger partial charge in [0.25, 0.3) is 0 Å². The molecule has 2 amide bonds. The number of hydrogen-bond donors (Lipinski definition) is 2. The van der Waals surface area contributed by atoms with Gasteiger partial charge in [-0.3, -0.25) is 4.79 Å². The molecular weight excluding hydrogens is 460 g/mol. The van der Waals surface area contributed by atoms with Gasteiger partial charge >= 0.3 is 6.09 Å². The summed E-state index contributed by atoms with van der Waals surface area (Å²) >= 11 is 0. The van der Waals surface area contributed by atoms with Crippen molar-refractivity contribution < 1.29 is 19.1 Å². The molecule has 0 radical (unpaired) electrons. The number of fused-ring (bicyclic) bond motifs is 2. The molecule has 36 heavy (non-hydrogen) atoms. The number of carbonyl (C=O) groups is 2. The van der Waals surface area contributed by atoms with E-state index in [1.807, 2.05) is 29.2 Å². The van der Waals surface area contributed by atoms with Crippen LogP contribution in [-0.2, 0) is 14.3 Å². The number of aromatic amines is 1. The first kappa shape index (κ1) is 25.3. The number of aliphatic imine (C=N–C) groups is 2. The van der Waals surface area contributed by atoms with Gasteiger partial charge in [-0.1, -0.05) is 30.8 Å². The van der Waals surface area contributed by atoms with Crippen LogP contribution in [0.1, 0.15) is 43.6 Å². The second-order valence-corrected chi connectivity index (χ2v) is 9.02. The van der Waals surface area contributed by atoms with Gasteiger partial charge in [-0.25, -0.2) is 19.8 Å². The molecule has 4 rings (SSSR count). The average molecular weight is 493 g/mol. The van der Waals surface area contributed by atoms with Crippen LogP contribution in [0.2, 0.25) is 0 Å². The molecule has 1 aromatic carbocycles. The number of aromatic nitrogens is 2. The van der Waals surface area contributed by atoms with Crippen molar-refractivity contribution in [2.45, 2.75) is 50.4 Å². The average Bonchev–Trinajstić information content (AvgIpc) is 3.66. The maximum atomic E-state index is 13.7. The highest BCUT2D eigenvalue weighted by molar-refractivity contribution is 6.02. The number of alkyl carbamates (subject to hydrolysis) is 1. The molecule has 2 fully saturated rings. The lowest BCUT2D eigenvalue weighted by atomic mass is 9.97. The van der Waals surface area contributed by atoms with E-state index in [4.69, 9.17) is 9.47 Å². The summed E-state index contributed by atoms with van der Waals surface area (Å²) in [5.41, 5.74) is 2.61. The Morgan fingerprint density at radius 1 is 1.28 bits per heavy atom. The third-order valence-corrected chi connectivity index (χ3v) is 7.10. The predicted octanol–water partition coefficient (Wildman–Crippen LogP) is 3.48. The summed E-state index contributed by atoms with van der Waals surface area (Å²) in [4.78, 5) is 43.7. The van der Waals surface area contributed by atoms with Crippen LogP contribution in [0.4, 0.5) is 4.79 Å². The zero-order chi connectivity index (χ0) is 25.8. The van der Waals surface area contributed by atoms with E-state index in [1.165, 1.54) is 20.4 Å². The summed E-state index contributed by atoms with van der Waals surface area (Å²) in [7, 11) is 2.78. The fraction of sp³-hybridized carbons (Fsp3) is 0.423. The summed E-state index contributed by atoms with van der Waals surface area (Å²) in [5.74, 6) is 1.34. The minimum atomic E-state index is -0.865. The fourth-order valence-electron chi connectivity index (χ4n) is 5.25. The zero-order valence-corrected chi connectivity index (χ0v) is 20.8. The quantitative estimate of drug-likeness (QED) is 0.432. The van der Waals surface area contributed by atoms with E-state index in [1.54, 1.807) is 13.1 Å². The fourth-order valence-corrected chi connectivity index (χ4v) is 5.25. The Morgan fingerprint density at radius 3 is 2.67 bits per heavy atom. The predicted molar refractivity (Wildman–Crippen MR) is 137 cm³/mol. The summed E-state index contributed by atoms with van der Waals surface area (Å²) in [6.45, 7) is 8.92. The van der Waals surface area contributed by atoms with Crippen LogP contribution in [0.5, 0.6) is 0 Å². The van der Waals surface area contributed by atoms with E-state index in [0.29, 0.717) is 11.8 Å². The van der Waals surface area contributed by atoms with Crippen molar-refractivity contribution >= 4 is 24.6 Å². The Bertz CT molecular complexity index is 1160. The van der Waals surface area contributed by atoms with Crippen LogP contribution >= 0.6 is 0 Å². The Hall–Kier alpha value is -3.79. The Balaban J connectivity index is 1.60. The van der Waals surface area contributed by atoms with Gasteiger partial charge in [0.1, 0.15) is 11.9 Å². The van der Waals surface area contributed by atoms with E-state index in [0.717, 1.165) is 41.9 Å². The number of H-pyrrole nitrogens is 1. The van der Waals surface area contributed by atoms with Gasteiger partial charge in [-0.05, 0) is 44.4 Å². The second kappa shape index (κ2) is 10.9. The molecule has 2 aliphatic rings. The van der Waals surface area contributed by atoms with Crippen molar-refractivity contribution in [1.29, 1.82) is 0 Å². The number of rotatable bonds is 8. The topological polar surface area (TPSA) is 121 Å². The molecule has 2 N–H and O–H groups in total. The lowest BCUT2D eigenvalue weighted by Gasteiger charge is -2.37. The highest BCUT2D eigenvalue weighted by Crippen LogP contribution is 2.50. The molecule has 0 spiro atoms. The molecular formula is C26H32N6O4. The van der Waals surface area contributed by atoms with Crippen LogP contribution in [0, 0.1) is 5.92 Å². The van der Waals surface area contributed by atoms with Crippen molar-refractivity contribution in [1.82, 2.24) is 20.2 Å². The monoisotopic (exact) mass is 492 g/mol. The highest BCUT2D eigenvalue weighted by atomic mass is 16.5. The number of likely N-dealkylation sites (tertiary alicyclic amines) is 1. The van der Waals surface area contributed by atoms with Crippen molar-refractivity contribution in [3.05, 3.63) is 54.6 Å². The molecule has 10 heteroatoms. The van der Waals surface area contributed by atoms with E-state index in [9.17, 15) is 9.59 Å². The van der Waals surface area contributed by atoms with Crippen LogP contribution in [0.15, 0.2) is 53.2 Å². The summed E-state index contributed by atoms with van der Waals surface area (Å²) < 4.78 is 10.1. The van der Waals surface area contributed by atoms with Crippen molar-refractivity contribution in [3.8, 4) is 11.3 Å². The van der Waals surface area contributed by atoms with Crippen LogP contribution in [-0.4, -0.2) is 71.8 Å². The number of methoxy groups -OCH3 is 2. The minimum Gasteiger partial charge on any atom is -0.453 e. The van der Waals surface area contributed by atoms with Gasteiger partial charge < -0.3 is 24.7 Å². The number of amides is 2.